The molecule has 10 nitrogen and oxygen atoms in total. The van der Waals surface area contributed by atoms with Crippen LogP contribution in [0, 0.1) is 5.92 Å². The molecular formula is C28H29F3N6O4S. The van der Waals surface area contributed by atoms with Crippen molar-refractivity contribution in [2.45, 2.75) is 55.8 Å². The van der Waals surface area contributed by atoms with Gasteiger partial charge in [-0.2, -0.15) is 0 Å². The molecule has 0 spiro atoms. The number of halogens is 3. The molecule has 1 aliphatic carbocycles. The molecule has 3 atom stereocenters. The van der Waals surface area contributed by atoms with E-state index in [1.165, 1.54) is 16.7 Å². The van der Waals surface area contributed by atoms with Gasteiger partial charge in [0.25, 0.3) is 6.43 Å². The highest BCUT2D eigenvalue weighted by Crippen LogP contribution is 2.39. The lowest BCUT2D eigenvalue weighted by Crippen LogP contribution is -2.21. The maximum absolute atomic E-state index is 14.3. The van der Waals surface area contributed by atoms with Crippen molar-refractivity contribution < 1.29 is 31.1 Å². The number of rotatable bonds is 9. The standard InChI is InChI=1S/C28H29F3N6O4S/c1-36-14-32-13-21(36)15-6-7-19(23(9-15)42(2,39)40)34-20-10-16(11-22(38)17-12-18(17)29)33-27-25(20)35-28(26(30)31)37(27)24-5-3-4-8-41-24/h6-7,9-10,13-14,17-18,24,26H,3-5,8,11-12H2,1-2H3,(H,33,34)/t17-,18+,24?/m1/s1. The van der Waals surface area contributed by atoms with Crippen molar-refractivity contribution in [2.24, 2.45) is 13.0 Å². The molecule has 1 aliphatic heterocycles. The van der Waals surface area contributed by atoms with Crippen molar-refractivity contribution in [3.63, 3.8) is 0 Å². The third kappa shape index (κ3) is 5.40. The van der Waals surface area contributed by atoms with Crippen molar-refractivity contribution in [1.82, 2.24) is 24.1 Å². The van der Waals surface area contributed by atoms with Crippen LogP contribution in [0.25, 0.3) is 22.4 Å². The van der Waals surface area contributed by atoms with Crippen LogP contribution >= 0.6 is 0 Å². The van der Waals surface area contributed by atoms with Crippen LogP contribution in [0.3, 0.4) is 0 Å². The van der Waals surface area contributed by atoms with E-state index in [-0.39, 0.29) is 51.8 Å². The molecule has 2 fully saturated rings. The van der Waals surface area contributed by atoms with E-state index < -0.39 is 40.4 Å². The first kappa shape index (κ1) is 28.3. The van der Waals surface area contributed by atoms with Crippen molar-refractivity contribution in [3.8, 4) is 11.3 Å². The smallest absolute Gasteiger partial charge is 0.295 e. The number of nitrogens with zero attached hydrogens (tertiary/aromatic N) is 5. The summed E-state index contributed by atoms with van der Waals surface area (Å²) in [7, 11) is -1.99. The maximum atomic E-state index is 14.3. The molecule has 222 valence electrons. The maximum Gasteiger partial charge on any atom is 0.295 e. The van der Waals surface area contributed by atoms with Crippen molar-refractivity contribution in [3.05, 3.63) is 48.3 Å². The number of alkyl halides is 3. The zero-order chi connectivity index (χ0) is 29.8. The topological polar surface area (TPSA) is 121 Å². The molecule has 42 heavy (non-hydrogen) atoms. The number of ketones is 1. The third-order valence-corrected chi connectivity index (χ3v) is 8.75. The second kappa shape index (κ2) is 10.8. The zero-order valence-electron chi connectivity index (χ0n) is 22.9. The Morgan fingerprint density at radius 3 is 2.60 bits per heavy atom. The summed E-state index contributed by atoms with van der Waals surface area (Å²) in [5.41, 5.74) is 2.03. The van der Waals surface area contributed by atoms with Gasteiger partial charge in [0.05, 0.1) is 46.1 Å². The van der Waals surface area contributed by atoms with Gasteiger partial charge in [-0.15, -0.1) is 0 Å². The number of sulfone groups is 1. The number of carbonyl (C=O) groups excluding carboxylic acids is 1. The van der Waals surface area contributed by atoms with Crippen LogP contribution in [0.15, 0.2) is 41.7 Å². The van der Waals surface area contributed by atoms with Gasteiger partial charge in [0.1, 0.15) is 23.7 Å². The number of anilines is 2. The van der Waals surface area contributed by atoms with Gasteiger partial charge in [0.2, 0.25) is 0 Å². The molecule has 4 heterocycles. The fourth-order valence-corrected chi connectivity index (χ4v) is 6.22. The molecule has 4 aromatic rings. The average molecular weight is 603 g/mol. The second-order valence-corrected chi connectivity index (χ2v) is 12.8. The van der Waals surface area contributed by atoms with Gasteiger partial charge in [-0.3, -0.25) is 9.36 Å². The zero-order valence-corrected chi connectivity index (χ0v) is 23.7. The van der Waals surface area contributed by atoms with E-state index in [1.807, 2.05) is 0 Å². The van der Waals surface area contributed by atoms with E-state index in [0.717, 1.165) is 19.1 Å². The summed E-state index contributed by atoms with van der Waals surface area (Å²) in [5, 5.41) is 3.07. The Bertz CT molecular complexity index is 1780. The van der Waals surface area contributed by atoms with Crippen LogP contribution in [0.4, 0.5) is 24.5 Å². The van der Waals surface area contributed by atoms with E-state index >= 15 is 0 Å². The third-order valence-electron chi connectivity index (χ3n) is 7.61. The number of benzene rings is 1. The molecule has 0 bridgehead atoms. The predicted octanol–water partition coefficient (Wildman–Crippen LogP) is 5.09. The van der Waals surface area contributed by atoms with Gasteiger partial charge in [-0.25, -0.2) is 36.5 Å². The minimum Gasteiger partial charge on any atom is -0.358 e. The van der Waals surface area contributed by atoms with Crippen LogP contribution in [0.2, 0.25) is 0 Å². The van der Waals surface area contributed by atoms with Crippen LogP contribution in [0.1, 0.15) is 49.9 Å². The van der Waals surface area contributed by atoms with Gasteiger partial charge in [-0.05, 0) is 43.9 Å². The molecule has 14 heteroatoms. The Kier molecular flexibility index (Phi) is 7.29. The molecule has 1 aromatic carbocycles. The van der Waals surface area contributed by atoms with Crippen LogP contribution < -0.4 is 5.32 Å². The number of fused-ring (bicyclic) bond motifs is 1. The summed E-state index contributed by atoms with van der Waals surface area (Å²) in [5.74, 6) is -1.60. The number of Topliss-reactive ketones (excluding diaryl/α,β-unsaturated/α-hetero) is 1. The van der Waals surface area contributed by atoms with Gasteiger partial charge in [0, 0.05) is 31.9 Å². The highest BCUT2D eigenvalue weighted by atomic mass is 32.2. The first-order valence-electron chi connectivity index (χ1n) is 13.6. The van der Waals surface area contributed by atoms with Gasteiger partial charge < -0.3 is 14.6 Å². The monoisotopic (exact) mass is 602 g/mol. The van der Waals surface area contributed by atoms with Crippen molar-refractivity contribution >= 4 is 38.2 Å². The molecular weight excluding hydrogens is 573 g/mol. The van der Waals surface area contributed by atoms with Crippen LogP contribution in [-0.2, 0) is 32.8 Å². The summed E-state index contributed by atoms with van der Waals surface area (Å²) >= 11 is 0. The van der Waals surface area contributed by atoms with Crippen molar-refractivity contribution in [1.29, 1.82) is 0 Å². The number of imidazole rings is 2. The highest BCUT2D eigenvalue weighted by molar-refractivity contribution is 7.90. The van der Waals surface area contributed by atoms with Crippen LogP contribution in [-0.4, -0.2) is 57.3 Å². The Labute approximate surface area is 239 Å². The summed E-state index contributed by atoms with van der Waals surface area (Å²) < 4.78 is 76.9. The van der Waals surface area contributed by atoms with Crippen molar-refractivity contribution in [2.75, 3.05) is 18.2 Å². The summed E-state index contributed by atoms with van der Waals surface area (Å²) in [6.45, 7) is 0.386. The molecule has 3 aromatic heterocycles. The molecule has 6 rings (SSSR count). The SMILES string of the molecule is Cn1cncc1-c1ccc(Nc2cc(CC(=O)[C@@H]3C[C@@H]3F)nc3c2nc(C(F)F)n3C2CCCCO2)c(S(C)(=O)=O)c1. The van der Waals surface area contributed by atoms with Crippen LogP contribution in [0.5, 0.6) is 0 Å². The molecule has 0 radical (unpaired) electrons. The minimum atomic E-state index is -3.77. The Morgan fingerprint density at radius 2 is 1.98 bits per heavy atom. The number of ether oxygens (including phenoxy) is 1. The Balaban J connectivity index is 1.50. The highest BCUT2D eigenvalue weighted by Gasteiger charge is 2.43. The van der Waals surface area contributed by atoms with E-state index in [9.17, 15) is 26.4 Å². The number of carbonyl (C=O) groups is 1. The Morgan fingerprint density at radius 1 is 1.19 bits per heavy atom. The lowest BCUT2D eigenvalue weighted by atomic mass is 10.1. The average Bonchev–Trinajstić information content (AvgIpc) is 3.33. The number of aryl methyl sites for hydroxylation is 1. The molecule has 0 amide bonds. The first-order valence-corrected chi connectivity index (χ1v) is 15.5. The van der Waals surface area contributed by atoms with E-state index in [0.29, 0.717) is 24.3 Å². The first-order chi connectivity index (χ1) is 20.0. The number of nitrogens with one attached hydrogen (secondary N) is 1. The molecule has 2 aliphatic rings. The van der Waals surface area contributed by atoms with Gasteiger partial charge >= 0.3 is 0 Å². The van der Waals surface area contributed by atoms with Gasteiger partial charge in [-0.1, -0.05) is 6.07 Å². The molecule has 1 saturated carbocycles. The fourth-order valence-electron chi connectivity index (χ4n) is 5.36. The summed E-state index contributed by atoms with van der Waals surface area (Å²) in [6.07, 6.45) is 1.35. The lowest BCUT2D eigenvalue weighted by Gasteiger charge is -2.25. The number of hydrogen-bond donors (Lipinski definition) is 1. The minimum absolute atomic E-state index is 0.0360. The van der Waals surface area contributed by atoms with E-state index in [1.54, 1.807) is 36.3 Å². The number of hydrogen-bond acceptors (Lipinski definition) is 8. The Hall–Kier alpha value is -3.78. The molecule has 1 saturated heterocycles. The molecule has 1 N–H and O–H groups in total. The fraction of sp³-hybridized carbons (Fsp3) is 0.429. The second-order valence-electron chi connectivity index (χ2n) is 10.8. The van der Waals surface area contributed by atoms with Gasteiger partial charge in [0.15, 0.2) is 21.3 Å². The lowest BCUT2D eigenvalue weighted by molar-refractivity contribution is -0.120. The number of pyridine rings is 1. The summed E-state index contributed by atoms with van der Waals surface area (Å²) in [6, 6.07) is 6.27. The van der Waals surface area contributed by atoms with E-state index in [2.05, 4.69) is 20.3 Å². The quantitative estimate of drug-likeness (QED) is 0.282. The molecule has 1 unspecified atom stereocenters. The largest absolute Gasteiger partial charge is 0.358 e. The normalized spacial score (nSPS) is 20.8. The number of aromatic nitrogens is 5. The van der Waals surface area contributed by atoms with E-state index in [4.69, 9.17) is 4.74 Å². The summed E-state index contributed by atoms with van der Waals surface area (Å²) in [4.78, 5) is 25.5. The predicted molar refractivity (Wildman–Crippen MR) is 148 cm³/mol.